The fourth-order valence-corrected chi connectivity index (χ4v) is 2.36. The minimum atomic E-state index is 0.778. The molecule has 0 radical (unpaired) electrons. The molecular weight excluding hydrogens is 268 g/mol. The lowest BCUT2D eigenvalue weighted by molar-refractivity contribution is 0.318. The zero-order valence-corrected chi connectivity index (χ0v) is 14.8. The van der Waals surface area contributed by atoms with E-state index in [2.05, 4.69) is 50.2 Å². The Balaban J connectivity index is 4.85. The van der Waals surface area contributed by atoms with Crippen molar-refractivity contribution >= 4 is 11.6 Å². The van der Waals surface area contributed by atoms with Gasteiger partial charge in [-0.25, -0.2) is 0 Å². The van der Waals surface area contributed by atoms with E-state index in [1.807, 2.05) is 7.05 Å². The van der Waals surface area contributed by atoms with Crippen LogP contribution in [0.15, 0.2) is 23.0 Å². The molecule has 118 valence electrons. The van der Waals surface area contributed by atoms with Gasteiger partial charge in [-0.2, -0.15) is 0 Å². The van der Waals surface area contributed by atoms with Crippen molar-refractivity contribution in [2.75, 3.05) is 20.1 Å². The van der Waals surface area contributed by atoms with Gasteiger partial charge in [0.25, 0.3) is 0 Å². The second-order valence-corrected chi connectivity index (χ2v) is 5.97. The van der Waals surface area contributed by atoms with Crippen LogP contribution in [-0.4, -0.2) is 25.0 Å². The highest BCUT2D eigenvalue weighted by Crippen LogP contribution is 2.18. The van der Waals surface area contributed by atoms with Crippen molar-refractivity contribution in [1.29, 1.82) is 0 Å². The lowest BCUT2D eigenvalue weighted by atomic mass is 10.0. The first-order chi connectivity index (χ1) is 9.58. The summed E-state index contributed by atoms with van der Waals surface area (Å²) in [5.74, 6) is 0.778. The van der Waals surface area contributed by atoms with Crippen LogP contribution in [0.5, 0.6) is 0 Å². The Morgan fingerprint density at radius 2 is 1.90 bits per heavy atom. The van der Waals surface area contributed by atoms with Crippen molar-refractivity contribution in [1.82, 2.24) is 10.2 Å². The molecule has 0 aliphatic heterocycles. The standard InChI is InChI=1S/C17H33ClN2/c1-6-9-16(18)13-17(14-19-5)20(11-7-2)12-10-15(4)8-3/h13-15,19H,6-12H2,1-5H3/b16-13+,17-14+. The topological polar surface area (TPSA) is 15.3 Å². The second kappa shape index (κ2) is 12.1. The molecule has 1 unspecified atom stereocenters. The number of nitrogens with zero attached hydrogens (tertiary/aromatic N) is 1. The molecule has 0 rings (SSSR count). The molecule has 0 aromatic heterocycles. The van der Waals surface area contributed by atoms with Crippen LogP contribution in [0.1, 0.15) is 59.8 Å². The summed E-state index contributed by atoms with van der Waals surface area (Å²) in [6.45, 7) is 11.2. The Morgan fingerprint density at radius 1 is 1.20 bits per heavy atom. The van der Waals surface area contributed by atoms with E-state index < -0.39 is 0 Å². The normalized spacial score (nSPS) is 14.3. The van der Waals surface area contributed by atoms with Gasteiger partial charge in [0.05, 0.1) is 5.70 Å². The number of rotatable bonds is 11. The van der Waals surface area contributed by atoms with Crippen LogP contribution >= 0.6 is 11.6 Å². The highest BCUT2D eigenvalue weighted by Gasteiger charge is 2.09. The molecule has 0 saturated carbocycles. The van der Waals surface area contributed by atoms with E-state index in [-0.39, 0.29) is 0 Å². The predicted octanol–water partition coefficient (Wildman–Crippen LogP) is 5.12. The zero-order chi connectivity index (χ0) is 15.4. The molecule has 1 N–H and O–H groups in total. The maximum absolute atomic E-state index is 6.31. The van der Waals surface area contributed by atoms with Crippen LogP contribution in [0.4, 0.5) is 0 Å². The summed E-state index contributed by atoms with van der Waals surface area (Å²) in [5, 5.41) is 4.09. The number of hydrogen-bond donors (Lipinski definition) is 1. The van der Waals surface area contributed by atoms with Crippen molar-refractivity contribution < 1.29 is 0 Å². The Kier molecular flexibility index (Phi) is 11.8. The molecule has 0 aliphatic rings. The minimum absolute atomic E-state index is 0.778. The smallest absolute Gasteiger partial charge is 0.0537 e. The number of nitrogens with one attached hydrogen (secondary N) is 1. The quantitative estimate of drug-likeness (QED) is 0.533. The van der Waals surface area contributed by atoms with Gasteiger partial charge in [-0.1, -0.05) is 52.1 Å². The zero-order valence-electron chi connectivity index (χ0n) is 14.0. The van der Waals surface area contributed by atoms with E-state index in [1.165, 1.54) is 18.5 Å². The Labute approximate surface area is 131 Å². The maximum atomic E-state index is 6.31. The Hall–Kier alpha value is -0.630. The number of halogens is 1. The SMILES string of the molecule is CCC/C(Cl)=C\C(=C/NC)N(CCC)CCC(C)CC. The molecule has 1 atom stereocenters. The van der Waals surface area contributed by atoms with Gasteiger partial charge in [0.2, 0.25) is 0 Å². The Bertz CT molecular complexity index is 297. The Morgan fingerprint density at radius 3 is 2.40 bits per heavy atom. The largest absolute Gasteiger partial charge is 0.392 e. The van der Waals surface area contributed by atoms with Crippen LogP contribution in [0.3, 0.4) is 0 Å². The van der Waals surface area contributed by atoms with E-state index in [1.54, 1.807) is 0 Å². The van der Waals surface area contributed by atoms with Gasteiger partial charge in [0.15, 0.2) is 0 Å². The van der Waals surface area contributed by atoms with Crippen LogP contribution in [0.25, 0.3) is 0 Å². The fourth-order valence-electron chi connectivity index (χ4n) is 2.06. The molecule has 0 aromatic carbocycles. The summed E-state index contributed by atoms with van der Waals surface area (Å²) in [7, 11) is 1.94. The molecule has 0 aromatic rings. The van der Waals surface area contributed by atoms with Crippen LogP contribution in [0.2, 0.25) is 0 Å². The van der Waals surface area contributed by atoms with Crippen molar-refractivity contribution in [3.05, 3.63) is 23.0 Å². The molecule has 3 heteroatoms. The van der Waals surface area contributed by atoms with Gasteiger partial charge in [-0.3, -0.25) is 0 Å². The fraction of sp³-hybridized carbons (Fsp3) is 0.765. The van der Waals surface area contributed by atoms with E-state index >= 15 is 0 Å². The van der Waals surface area contributed by atoms with E-state index in [0.717, 1.165) is 43.3 Å². The molecule has 0 heterocycles. The molecule has 0 saturated heterocycles. The second-order valence-electron chi connectivity index (χ2n) is 5.49. The summed E-state index contributed by atoms with van der Waals surface area (Å²) in [5.41, 5.74) is 1.20. The first kappa shape index (κ1) is 19.4. The first-order valence-corrected chi connectivity index (χ1v) is 8.45. The van der Waals surface area contributed by atoms with Gasteiger partial charge in [0.1, 0.15) is 0 Å². The van der Waals surface area contributed by atoms with E-state index in [0.29, 0.717) is 0 Å². The minimum Gasteiger partial charge on any atom is -0.392 e. The van der Waals surface area contributed by atoms with Gasteiger partial charge in [0, 0.05) is 31.4 Å². The van der Waals surface area contributed by atoms with Crippen LogP contribution < -0.4 is 5.32 Å². The van der Waals surface area contributed by atoms with Gasteiger partial charge in [-0.15, -0.1) is 0 Å². The highest BCUT2D eigenvalue weighted by atomic mass is 35.5. The van der Waals surface area contributed by atoms with Crippen molar-refractivity contribution in [3.63, 3.8) is 0 Å². The third kappa shape index (κ3) is 8.52. The molecule has 20 heavy (non-hydrogen) atoms. The van der Waals surface area contributed by atoms with Crippen molar-refractivity contribution in [3.8, 4) is 0 Å². The van der Waals surface area contributed by atoms with Crippen LogP contribution in [0, 0.1) is 5.92 Å². The maximum Gasteiger partial charge on any atom is 0.0537 e. The lowest BCUT2D eigenvalue weighted by Crippen LogP contribution is -2.26. The predicted molar refractivity (Wildman–Crippen MR) is 91.9 cm³/mol. The number of allylic oxidation sites excluding steroid dienone is 2. The summed E-state index contributed by atoms with van der Waals surface area (Å²) in [6, 6.07) is 0. The summed E-state index contributed by atoms with van der Waals surface area (Å²) in [6.07, 6.45) is 9.85. The first-order valence-electron chi connectivity index (χ1n) is 8.07. The molecule has 0 spiro atoms. The van der Waals surface area contributed by atoms with Crippen molar-refractivity contribution in [2.24, 2.45) is 5.92 Å². The molecule has 0 amide bonds. The van der Waals surface area contributed by atoms with Gasteiger partial charge in [-0.05, 0) is 31.3 Å². The third-order valence-electron chi connectivity index (χ3n) is 3.53. The average Bonchev–Trinajstić information content (AvgIpc) is 2.42. The van der Waals surface area contributed by atoms with E-state index in [9.17, 15) is 0 Å². The van der Waals surface area contributed by atoms with Crippen LogP contribution in [-0.2, 0) is 0 Å². The van der Waals surface area contributed by atoms with Gasteiger partial charge >= 0.3 is 0 Å². The summed E-state index contributed by atoms with van der Waals surface area (Å²) >= 11 is 6.31. The molecule has 0 bridgehead atoms. The highest BCUT2D eigenvalue weighted by molar-refractivity contribution is 6.29. The molecular formula is C17H33ClN2. The molecule has 2 nitrogen and oxygen atoms in total. The van der Waals surface area contributed by atoms with E-state index in [4.69, 9.17) is 11.6 Å². The molecule has 0 fully saturated rings. The average molecular weight is 301 g/mol. The van der Waals surface area contributed by atoms with Crippen molar-refractivity contribution in [2.45, 2.75) is 59.8 Å². The lowest BCUT2D eigenvalue weighted by Gasteiger charge is -2.27. The van der Waals surface area contributed by atoms with Gasteiger partial charge < -0.3 is 10.2 Å². The number of hydrogen-bond acceptors (Lipinski definition) is 2. The summed E-state index contributed by atoms with van der Waals surface area (Å²) in [4.78, 5) is 2.45. The summed E-state index contributed by atoms with van der Waals surface area (Å²) < 4.78 is 0. The molecule has 0 aliphatic carbocycles. The monoisotopic (exact) mass is 300 g/mol. The third-order valence-corrected chi connectivity index (χ3v) is 3.83.